The summed E-state index contributed by atoms with van der Waals surface area (Å²) < 4.78 is 173. The van der Waals surface area contributed by atoms with Gasteiger partial charge in [-0.3, -0.25) is 0 Å². The van der Waals surface area contributed by atoms with Crippen LogP contribution >= 0.6 is 0 Å². The molecule has 3 unspecified atom stereocenters. The molecule has 0 nitrogen and oxygen atoms in total. The molecule has 1 rings (SSSR count). The second kappa shape index (κ2) is 7.61. The van der Waals surface area contributed by atoms with Crippen LogP contribution in [0.15, 0.2) is 24.3 Å². The average Bonchev–Trinajstić information content (AvgIpc) is 2.95. The molecule has 0 saturated heterocycles. The van der Waals surface area contributed by atoms with Gasteiger partial charge in [0, 0.05) is 5.92 Å². The van der Waals surface area contributed by atoms with Crippen molar-refractivity contribution in [2.45, 2.75) is 62.5 Å². The zero-order chi connectivity index (χ0) is 24.1. The fourth-order valence-electron chi connectivity index (χ4n) is 3.41. The van der Waals surface area contributed by atoms with Gasteiger partial charge in [0.1, 0.15) is 0 Å². The van der Waals surface area contributed by atoms with E-state index in [4.69, 9.17) is 0 Å². The summed E-state index contributed by atoms with van der Waals surface area (Å²) in [6.45, 7) is 6.08. The van der Waals surface area contributed by atoms with E-state index in [1.165, 1.54) is 19.9 Å². The lowest BCUT2D eigenvalue weighted by Crippen LogP contribution is -2.71. The predicted octanol–water partition coefficient (Wildman–Crippen LogP) is 7.52. The fourth-order valence-corrected chi connectivity index (χ4v) is 3.41. The third kappa shape index (κ3) is 3.80. The molecule has 0 bridgehead atoms. The predicted molar refractivity (Wildman–Crippen MR) is 80.1 cm³/mol. The molecule has 0 heterocycles. The highest BCUT2D eigenvalue weighted by atomic mass is 19.4. The van der Waals surface area contributed by atoms with Gasteiger partial charge in [-0.2, -0.15) is 57.1 Å². The van der Waals surface area contributed by atoms with Gasteiger partial charge >= 0.3 is 35.8 Å². The van der Waals surface area contributed by atoms with Crippen molar-refractivity contribution >= 4 is 0 Å². The minimum Gasteiger partial charge on any atom is -0.199 e. The fraction of sp³-hybridized carbons (Fsp3) is 0.765. The van der Waals surface area contributed by atoms with E-state index in [2.05, 4.69) is 6.58 Å². The highest BCUT2D eigenvalue weighted by molar-refractivity contribution is 5.15. The second-order valence-corrected chi connectivity index (χ2v) is 7.40. The smallest absolute Gasteiger partial charge is 0.199 e. The summed E-state index contributed by atoms with van der Waals surface area (Å²) >= 11 is 0. The van der Waals surface area contributed by atoms with Crippen LogP contribution in [0.5, 0.6) is 0 Å². The average molecular weight is 468 g/mol. The highest BCUT2D eigenvalue weighted by Crippen LogP contribution is 2.63. The molecular weight excluding hydrogens is 451 g/mol. The van der Waals surface area contributed by atoms with Crippen LogP contribution in [0.1, 0.15) is 26.7 Å². The quantitative estimate of drug-likeness (QED) is 0.268. The highest BCUT2D eigenvalue weighted by Gasteiger charge is 2.91. The maximum absolute atomic E-state index is 14.4. The van der Waals surface area contributed by atoms with Gasteiger partial charge in [0.25, 0.3) is 0 Å². The Kier molecular flexibility index (Phi) is 6.75. The van der Waals surface area contributed by atoms with Crippen molar-refractivity contribution in [2.24, 2.45) is 17.8 Å². The molecule has 176 valence electrons. The SMILES string of the molecule is C=CC1CC(C=C(C)C)CC1C(F)(F)C(F)(F)C(F)(F)C(F)(F)C(F)(F)C(F)(F)F. The van der Waals surface area contributed by atoms with Crippen LogP contribution in [0.4, 0.5) is 57.1 Å². The van der Waals surface area contributed by atoms with Crippen LogP contribution in [0.2, 0.25) is 0 Å². The molecule has 0 aliphatic heterocycles. The van der Waals surface area contributed by atoms with Gasteiger partial charge in [-0.15, -0.1) is 6.58 Å². The van der Waals surface area contributed by atoms with Gasteiger partial charge in [-0.05, 0) is 38.5 Å². The molecule has 1 aliphatic carbocycles. The van der Waals surface area contributed by atoms with E-state index in [-0.39, 0.29) is 6.42 Å². The molecule has 0 N–H and O–H groups in total. The van der Waals surface area contributed by atoms with Crippen LogP contribution in [0.25, 0.3) is 0 Å². The maximum atomic E-state index is 14.4. The van der Waals surface area contributed by atoms with Gasteiger partial charge in [-0.25, -0.2) is 0 Å². The van der Waals surface area contributed by atoms with Crippen molar-refractivity contribution in [3.63, 3.8) is 0 Å². The minimum atomic E-state index is -7.87. The van der Waals surface area contributed by atoms with Gasteiger partial charge in [0.2, 0.25) is 0 Å². The number of hydrogen-bond acceptors (Lipinski definition) is 0. The van der Waals surface area contributed by atoms with Crippen molar-refractivity contribution in [2.75, 3.05) is 0 Å². The lowest BCUT2D eigenvalue weighted by atomic mass is 9.82. The molecule has 30 heavy (non-hydrogen) atoms. The normalized spacial score (nSPS) is 24.7. The molecular formula is C17H17F13. The zero-order valence-electron chi connectivity index (χ0n) is 15.4. The van der Waals surface area contributed by atoms with Gasteiger partial charge in [0.15, 0.2) is 0 Å². The molecule has 13 heteroatoms. The Hall–Kier alpha value is -1.43. The Morgan fingerprint density at radius 2 is 1.13 bits per heavy atom. The summed E-state index contributed by atoms with van der Waals surface area (Å²) in [5.74, 6) is -41.9. The van der Waals surface area contributed by atoms with Gasteiger partial charge in [-0.1, -0.05) is 17.7 Å². The first-order valence-electron chi connectivity index (χ1n) is 8.33. The molecule has 3 atom stereocenters. The molecule has 0 spiro atoms. The van der Waals surface area contributed by atoms with E-state index in [0.29, 0.717) is 11.6 Å². The number of rotatable bonds is 7. The summed E-state index contributed by atoms with van der Waals surface area (Å²) in [5.41, 5.74) is 0.528. The molecule has 0 radical (unpaired) electrons. The van der Waals surface area contributed by atoms with Crippen molar-refractivity contribution in [3.05, 3.63) is 24.3 Å². The summed E-state index contributed by atoms with van der Waals surface area (Å²) in [6, 6.07) is 0. The topological polar surface area (TPSA) is 0 Å². The Labute approximate surface area is 162 Å². The van der Waals surface area contributed by atoms with Crippen LogP contribution in [0.3, 0.4) is 0 Å². The molecule has 1 fully saturated rings. The van der Waals surface area contributed by atoms with E-state index >= 15 is 0 Å². The van der Waals surface area contributed by atoms with E-state index in [1.807, 2.05) is 0 Å². The zero-order valence-corrected chi connectivity index (χ0v) is 15.4. The number of allylic oxidation sites excluding steroid dienone is 3. The second-order valence-electron chi connectivity index (χ2n) is 7.40. The van der Waals surface area contributed by atoms with Crippen LogP contribution in [-0.2, 0) is 0 Å². The van der Waals surface area contributed by atoms with E-state index < -0.39 is 60.0 Å². The van der Waals surface area contributed by atoms with E-state index in [1.54, 1.807) is 0 Å². The summed E-state index contributed by atoms with van der Waals surface area (Å²) in [4.78, 5) is 0. The van der Waals surface area contributed by atoms with Crippen LogP contribution in [0, 0.1) is 17.8 Å². The lowest BCUT2D eigenvalue weighted by Gasteiger charge is -2.42. The molecule has 0 aromatic rings. The van der Waals surface area contributed by atoms with Crippen molar-refractivity contribution in [1.29, 1.82) is 0 Å². The largest absolute Gasteiger partial charge is 0.460 e. The van der Waals surface area contributed by atoms with E-state index in [0.717, 1.165) is 0 Å². The van der Waals surface area contributed by atoms with Gasteiger partial charge < -0.3 is 0 Å². The molecule has 0 aromatic heterocycles. The summed E-state index contributed by atoms with van der Waals surface area (Å²) in [6.07, 6.45) is -6.63. The van der Waals surface area contributed by atoms with Crippen LogP contribution < -0.4 is 0 Å². The Morgan fingerprint density at radius 3 is 1.50 bits per heavy atom. The first-order valence-corrected chi connectivity index (χ1v) is 8.33. The molecule has 1 aliphatic rings. The standard InChI is InChI=1S/C17H17F13/c1-4-10-6-9(5-8(2)3)7-11(10)12(18,19)13(20,21)14(22,23)15(24,25)16(26,27)17(28,29)30/h4-5,9-11H,1,6-7H2,2-3H3. The van der Waals surface area contributed by atoms with Crippen molar-refractivity contribution in [3.8, 4) is 0 Å². The Bertz CT molecular complexity index is 668. The Balaban J connectivity index is 3.49. The summed E-state index contributed by atoms with van der Waals surface area (Å²) in [7, 11) is 0. The van der Waals surface area contributed by atoms with Crippen molar-refractivity contribution < 1.29 is 57.1 Å². The minimum absolute atomic E-state index is 0.314. The molecule has 1 saturated carbocycles. The third-order valence-corrected chi connectivity index (χ3v) is 4.94. The van der Waals surface area contributed by atoms with E-state index in [9.17, 15) is 57.1 Å². The Morgan fingerprint density at radius 1 is 0.700 bits per heavy atom. The summed E-state index contributed by atoms with van der Waals surface area (Å²) in [5, 5.41) is 0. The van der Waals surface area contributed by atoms with Crippen LogP contribution in [-0.4, -0.2) is 35.8 Å². The first-order chi connectivity index (χ1) is 13.1. The monoisotopic (exact) mass is 468 g/mol. The number of halogens is 13. The van der Waals surface area contributed by atoms with Crippen molar-refractivity contribution in [1.82, 2.24) is 0 Å². The third-order valence-electron chi connectivity index (χ3n) is 4.94. The molecule has 0 amide bonds. The lowest BCUT2D eigenvalue weighted by molar-refractivity contribution is -0.443. The maximum Gasteiger partial charge on any atom is 0.460 e. The number of alkyl halides is 13. The molecule has 0 aromatic carbocycles. The number of hydrogen-bond donors (Lipinski definition) is 0. The van der Waals surface area contributed by atoms with Gasteiger partial charge in [0.05, 0.1) is 0 Å². The first kappa shape index (κ1) is 26.6.